The number of hydrogen-bond donors (Lipinski definition) is 0. The van der Waals surface area contributed by atoms with E-state index < -0.39 is 0 Å². The van der Waals surface area contributed by atoms with Crippen LogP contribution < -0.4 is 14.4 Å². The fourth-order valence-corrected chi connectivity index (χ4v) is 6.91. The monoisotopic (exact) mass is 608 g/mol. The van der Waals surface area contributed by atoms with Gasteiger partial charge in [-0.15, -0.1) is 0 Å². The lowest BCUT2D eigenvalue weighted by atomic mass is 9.76. The molecule has 4 nitrogen and oxygen atoms in total. The molecule has 4 aromatic carbocycles. The fraction of sp³-hybridized carbons (Fsp3) is 0.306. The van der Waals surface area contributed by atoms with Crippen LogP contribution in [0.4, 0.5) is 11.4 Å². The first kappa shape index (κ1) is 27.6. The van der Waals surface area contributed by atoms with E-state index in [0.717, 1.165) is 59.6 Å². The quantitative estimate of drug-likeness (QED) is 0.178. The van der Waals surface area contributed by atoms with E-state index in [4.69, 9.17) is 14.5 Å². The number of rotatable bonds is 9. The summed E-state index contributed by atoms with van der Waals surface area (Å²) in [5, 5.41) is 0. The number of hydrogen-bond acceptors (Lipinski definition) is 4. The smallest absolute Gasteiger partial charge is 0.175 e. The highest BCUT2D eigenvalue weighted by molar-refractivity contribution is 9.10. The number of halogens is 1. The molecule has 0 saturated heterocycles. The van der Waals surface area contributed by atoms with Crippen LogP contribution in [0.3, 0.4) is 0 Å². The SMILES string of the molecule is CCCOc1c(Br)cc(C=Nc2cc3c4c(c2)[C@H](c2ccccc2)CCN4CC[C@H]3c2ccccc2)cc1OCC. The number of anilines is 1. The minimum atomic E-state index is 0.361. The van der Waals surface area contributed by atoms with Gasteiger partial charge in [-0.05, 0) is 94.2 Å². The summed E-state index contributed by atoms with van der Waals surface area (Å²) in [4.78, 5) is 7.68. The zero-order chi connectivity index (χ0) is 28.2. The van der Waals surface area contributed by atoms with Gasteiger partial charge < -0.3 is 14.4 Å². The lowest BCUT2D eigenvalue weighted by molar-refractivity contribution is 0.275. The summed E-state index contributed by atoms with van der Waals surface area (Å²) < 4.78 is 12.8. The van der Waals surface area contributed by atoms with Crippen LogP contribution >= 0.6 is 15.9 Å². The first-order valence-electron chi connectivity index (χ1n) is 14.8. The van der Waals surface area contributed by atoms with Gasteiger partial charge in [0.05, 0.1) is 23.4 Å². The van der Waals surface area contributed by atoms with Crippen LogP contribution in [-0.4, -0.2) is 32.5 Å². The molecule has 0 saturated carbocycles. The summed E-state index contributed by atoms with van der Waals surface area (Å²) in [5.74, 6) is 2.21. The predicted octanol–water partition coefficient (Wildman–Crippen LogP) is 9.26. The minimum Gasteiger partial charge on any atom is -0.490 e. The van der Waals surface area contributed by atoms with Crippen molar-refractivity contribution in [3.63, 3.8) is 0 Å². The largest absolute Gasteiger partial charge is 0.490 e. The molecule has 41 heavy (non-hydrogen) atoms. The first-order valence-corrected chi connectivity index (χ1v) is 15.6. The Morgan fingerprint density at radius 1 is 0.829 bits per heavy atom. The van der Waals surface area contributed by atoms with E-state index in [1.807, 2.05) is 19.2 Å². The number of benzene rings is 4. The van der Waals surface area contributed by atoms with Crippen LogP contribution in [-0.2, 0) is 0 Å². The normalized spacial score (nSPS) is 17.9. The first-order chi connectivity index (χ1) is 20.2. The van der Waals surface area contributed by atoms with Gasteiger partial charge in [-0.1, -0.05) is 67.6 Å². The second-order valence-corrected chi connectivity index (χ2v) is 11.7. The van der Waals surface area contributed by atoms with E-state index in [1.165, 1.54) is 27.9 Å². The van der Waals surface area contributed by atoms with Crippen molar-refractivity contribution in [2.45, 2.75) is 44.9 Å². The molecule has 0 spiro atoms. The van der Waals surface area contributed by atoms with Gasteiger partial charge >= 0.3 is 0 Å². The van der Waals surface area contributed by atoms with Crippen molar-refractivity contribution < 1.29 is 9.47 Å². The maximum absolute atomic E-state index is 5.98. The third-order valence-corrected chi connectivity index (χ3v) is 8.73. The summed E-state index contributed by atoms with van der Waals surface area (Å²) in [5.41, 5.74) is 8.93. The highest BCUT2D eigenvalue weighted by atomic mass is 79.9. The summed E-state index contributed by atoms with van der Waals surface area (Å²) in [6, 6.07) is 30.7. The topological polar surface area (TPSA) is 34.1 Å². The van der Waals surface area contributed by atoms with Gasteiger partial charge in [0.1, 0.15) is 0 Å². The van der Waals surface area contributed by atoms with Crippen molar-refractivity contribution in [3.8, 4) is 11.5 Å². The van der Waals surface area contributed by atoms with Crippen molar-refractivity contribution in [3.05, 3.63) is 117 Å². The molecular weight excluding hydrogens is 572 g/mol. The molecule has 2 atom stereocenters. The Morgan fingerprint density at radius 2 is 1.44 bits per heavy atom. The average molecular weight is 610 g/mol. The van der Waals surface area contributed by atoms with Gasteiger partial charge in [0.25, 0.3) is 0 Å². The van der Waals surface area contributed by atoms with Crippen molar-refractivity contribution >= 4 is 33.5 Å². The molecule has 2 aliphatic heterocycles. The van der Waals surface area contributed by atoms with E-state index in [0.29, 0.717) is 25.0 Å². The molecule has 0 bridgehead atoms. The lowest BCUT2D eigenvalue weighted by Gasteiger charge is -2.43. The van der Waals surface area contributed by atoms with Crippen molar-refractivity contribution in [2.24, 2.45) is 4.99 Å². The highest BCUT2D eigenvalue weighted by Crippen LogP contribution is 2.50. The summed E-state index contributed by atoms with van der Waals surface area (Å²) in [6.07, 6.45) is 5.12. The second kappa shape index (κ2) is 12.5. The molecule has 0 aromatic heterocycles. The van der Waals surface area contributed by atoms with E-state index in [9.17, 15) is 0 Å². The molecule has 210 valence electrons. The minimum absolute atomic E-state index is 0.361. The van der Waals surface area contributed by atoms with E-state index in [2.05, 4.69) is 107 Å². The maximum Gasteiger partial charge on any atom is 0.175 e. The molecule has 5 heteroatoms. The Bertz CT molecular complexity index is 1450. The lowest BCUT2D eigenvalue weighted by Crippen LogP contribution is -2.37. The molecular formula is C36H37BrN2O2. The maximum atomic E-state index is 5.98. The van der Waals surface area contributed by atoms with Gasteiger partial charge in [0.15, 0.2) is 11.5 Å². The Kier molecular flexibility index (Phi) is 8.43. The van der Waals surface area contributed by atoms with Crippen LogP contribution in [0.5, 0.6) is 11.5 Å². The van der Waals surface area contributed by atoms with Gasteiger partial charge in [-0.2, -0.15) is 0 Å². The van der Waals surface area contributed by atoms with E-state index in [-0.39, 0.29) is 0 Å². The molecule has 0 fully saturated rings. The second-order valence-electron chi connectivity index (χ2n) is 10.8. The molecule has 0 unspecified atom stereocenters. The van der Waals surface area contributed by atoms with Gasteiger partial charge in [-0.25, -0.2) is 0 Å². The van der Waals surface area contributed by atoms with Crippen molar-refractivity contribution in [1.29, 1.82) is 0 Å². The molecule has 6 rings (SSSR count). The average Bonchev–Trinajstić information content (AvgIpc) is 3.01. The van der Waals surface area contributed by atoms with Crippen LogP contribution in [0.25, 0.3) is 0 Å². The highest BCUT2D eigenvalue weighted by Gasteiger charge is 2.35. The molecule has 2 heterocycles. The molecule has 0 radical (unpaired) electrons. The van der Waals surface area contributed by atoms with E-state index >= 15 is 0 Å². The molecule has 0 amide bonds. The van der Waals surface area contributed by atoms with Crippen LogP contribution in [0.15, 0.2) is 94.4 Å². The van der Waals surface area contributed by atoms with E-state index in [1.54, 1.807) is 0 Å². The number of nitrogens with zero attached hydrogens (tertiary/aromatic N) is 2. The van der Waals surface area contributed by atoms with Gasteiger partial charge in [0, 0.05) is 36.8 Å². The zero-order valence-corrected chi connectivity index (χ0v) is 25.4. The Balaban J connectivity index is 1.44. The van der Waals surface area contributed by atoms with Gasteiger partial charge in [0.2, 0.25) is 0 Å². The van der Waals surface area contributed by atoms with Crippen LogP contribution in [0, 0.1) is 0 Å². The molecule has 2 aliphatic rings. The Labute approximate surface area is 252 Å². The standard InChI is InChI=1S/C36H37BrN2O2/c1-3-19-41-36-33(37)20-25(21-34(36)40-4-2)24-38-28-22-31-29(26-11-7-5-8-12-26)15-17-39-18-16-30(32(23-28)35(31)39)27-13-9-6-10-14-27/h5-14,20-24,29-30H,3-4,15-19H2,1-2H3/t29-,30-/m0/s1. The van der Waals surface area contributed by atoms with Crippen LogP contribution in [0.1, 0.15) is 72.8 Å². The fourth-order valence-electron chi connectivity index (χ4n) is 6.33. The van der Waals surface area contributed by atoms with Crippen LogP contribution in [0.2, 0.25) is 0 Å². The summed E-state index contributed by atoms with van der Waals surface area (Å²) in [7, 11) is 0. The van der Waals surface area contributed by atoms with Gasteiger partial charge in [-0.3, -0.25) is 4.99 Å². The third-order valence-electron chi connectivity index (χ3n) is 8.14. The molecule has 4 aromatic rings. The Hall–Kier alpha value is -3.57. The summed E-state index contributed by atoms with van der Waals surface area (Å²) >= 11 is 3.71. The zero-order valence-electron chi connectivity index (χ0n) is 23.9. The predicted molar refractivity (Wildman–Crippen MR) is 173 cm³/mol. The van der Waals surface area contributed by atoms with Crippen molar-refractivity contribution in [2.75, 3.05) is 31.2 Å². The molecule has 0 N–H and O–H groups in total. The Morgan fingerprint density at radius 3 is 2.00 bits per heavy atom. The number of ether oxygens (including phenoxy) is 2. The molecule has 0 aliphatic carbocycles. The van der Waals surface area contributed by atoms with Crippen molar-refractivity contribution in [1.82, 2.24) is 0 Å². The summed E-state index contributed by atoms with van der Waals surface area (Å²) in [6.45, 7) is 7.49. The third kappa shape index (κ3) is 5.78. The number of aliphatic imine (C=N–C) groups is 1.